The summed E-state index contributed by atoms with van der Waals surface area (Å²) in [6.07, 6.45) is 5.59. The highest BCUT2D eigenvalue weighted by Crippen LogP contribution is 2.45. The van der Waals surface area contributed by atoms with Crippen molar-refractivity contribution in [1.29, 1.82) is 0 Å². The largest absolute Gasteiger partial charge is 0.457 e. The second-order valence-corrected chi connectivity index (χ2v) is 6.98. The minimum absolute atomic E-state index is 0.162. The predicted molar refractivity (Wildman–Crippen MR) is 97.1 cm³/mol. The summed E-state index contributed by atoms with van der Waals surface area (Å²) in [5, 5.41) is 0. The van der Waals surface area contributed by atoms with Gasteiger partial charge in [0.2, 0.25) is 5.91 Å². The van der Waals surface area contributed by atoms with Gasteiger partial charge in [-0.25, -0.2) is 4.98 Å². The summed E-state index contributed by atoms with van der Waals surface area (Å²) in [5.74, 6) is 1.92. The van der Waals surface area contributed by atoms with Gasteiger partial charge in [0.25, 0.3) is 0 Å². The first-order valence-corrected chi connectivity index (χ1v) is 8.90. The number of carbonyl (C=O) groups excluding carboxylic acids is 1. The van der Waals surface area contributed by atoms with Crippen molar-refractivity contribution < 1.29 is 9.53 Å². The Morgan fingerprint density at radius 3 is 2.31 bits per heavy atom. The van der Waals surface area contributed by atoms with E-state index in [1.54, 1.807) is 6.20 Å². The van der Waals surface area contributed by atoms with Crippen LogP contribution >= 0.6 is 0 Å². The zero-order valence-electron chi connectivity index (χ0n) is 14.3. The lowest BCUT2D eigenvalue weighted by atomic mass is 9.85. The molecule has 5 rings (SSSR count). The molecule has 5 nitrogen and oxygen atoms in total. The first kappa shape index (κ1) is 15.2. The van der Waals surface area contributed by atoms with Gasteiger partial charge >= 0.3 is 0 Å². The third-order valence-electron chi connectivity index (χ3n) is 5.22. The minimum Gasteiger partial charge on any atom is -0.457 e. The number of ether oxygens (including phenoxy) is 1. The summed E-state index contributed by atoms with van der Waals surface area (Å²) in [6, 6.07) is 15.7. The van der Waals surface area contributed by atoms with Gasteiger partial charge in [-0.2, -0.15) is 0 Å². The normalized spacial score (nSPS) is 16.4. The third kappa shape index (κ3) is 2.47. The van der Waals surface area contributed by atoms with Crippen molar-refractivity contribution >= 4 is 5.91 Å². The maximum atomic E-state index is 13.3. The van der Waals surface area contributed by atoms with Crippen molar-refractivity contribution in [2.45, 2.75) is 12.5 Å². The fourth-order valence-electron chi connectivity index (χ4n) is 3.92. The zero-order chi connectivity index (χ0) is 17.5. The Hall–Kier alpha value is -3.08. The van der Waals surface area contributed by atoms with Crippen LogP contribution in [0.2, 0.25) is 0 Å². The molecule has 26 heavy (non-hydrogen) atoms. The van der Waals surface area contributed by atoms with Gasteiger partial charge in [-0.15, -0.1) is 0 Å². The van der Waals surface area contributed by atoms with Crippen molar-refractivity contribution in [3.8, 4) is 11.5 Å². The second-order valence-electron chi connectivity index (χ2n) is 6.98. The van der Waals surface area contributed by atoms with Gasteiger partial charge in [0.05, 0.1) is 12.2 Å². The molecule has 1 fully saturated rings. The molecule has 0 saturated carbocycles. The number of likely N-dealkylation sites (tertiary alicyclic amines) is 1. The van der Waals surface area contributed by atoms with Crippen molar-refractivity contribution in [2.24, 2.45) is 5.92 Å². The molecule has 5 heteroatoms. The van der Waals surface area contributed by atoms with E-state index in [1.807, 2.05) is 66.0 Å². The number of imidazole rings is 1. The monoisotopic (exact) mass is 345 g/mol. The van der Waals surface area contributed by atoms with Gasteiger partial charge in [0, 0.05) is 49.1 Å². The van der Waals surface area contributed by atoms with Gasteiger partial charge in [-0.05, 0) is 12.1 Å². The van der Waals surface area contributed by atoms with Crippen LogP contribution in [0.3, 0.4) is 0 Å². The van der Waals surface area contributed by atoms with E-state index in [4.69, 9.17) is 4.74 Å². The van der Waals surface area contributed by atoms with Crippen LogP contribution in [-0.2, 0) is 11.3 Å². The molecule has 0 N–H and O–H groups in total. The Bertz CT molecular complexity index is 900. The van der Waals surface area contributed by atoms with E-state index in [9.17, 15) is 4.79 Å². The maximum absolute atomic E-state index is 13.3. The molecule has 0 aliphatic carbocycles. The summed E-state index contributed by atoms with van der Waals surface area (Å²) >= 11 is 0. The lowest BCUT2D eigenvalue weighted by molar-refractivity contribution is -0.138. The highest BCUT2D eigenvalue weighted by molar-refractivity contribution is 5.90. The molecule has 1 amide bonds. The Morgan fingerprint density at radius 1 is 1.04 bits per heavy atom. The number of hydrogen-bond acceptors (Lipinski definition) is 3. The van der Waals surface area contributed by atoms with Crippen LogP contribution < -0.4 is 4.74 Å². The molecular formula is C21H19N3O2. The van der Waals surface area contributed by atoms with E-state index in [0.717, 1.165) is 42.3 Å². The number of benzene rings is 2. The lowest BCUT2D eigenvalue weighted by Gasteiger charge is -2.42. The van der Waals surface area contributed by atoms with E-state index in [-0.39, 0.29) is 11.8 Å². The maximum Gasteiger partial charge on any atom is 0.234 e. The van der Waals surface area contributed by atoms with E-state index < -0.39 is 0 Å². The van der Waals surface area contributed by atoms with Crippen LogP contribution in [0.25, 0.3) is 0 Å². The number of rotatable bonds is 3. The Balaban J connectivity index is 1.39. The fourth-order valence-corrected chi connectivity index (χ4v) is 3.92. The van der Waals surface area contributed by atoms with E-state index in [1.165, 1.54) is 0 Å². The van der Waals surface area contributed by atoms with Crippen LogP contribution in [0.15, 0.2) is 67.3 Å². The molecule has 0 radical (unpaired) electrons. The van der Waals surface area contributed by atoms with E-state index in [0.29, 0.717) is 5.92 Å². The summed E-state index contributed by atoms with van der Waals surface area (Å²) in [4.78, 5) is 19.3. The number of aromatic nitrogens is 2. The highest BCUT2D eigenvalue weighted by Gasteiger charge is 2.39. The van der Waals surface area contributed by atoms with Crippen molar-refractivity contribution in [3.63, 3.8) is 0 Å². The fraction of sp³-hybridized carbons (Fsp3) is 0.238. The topological polar surface area (TPSA) is 47.4 Å². The molecule has 3 aromatic rings. The number of hydrogen-bond donors (Lipinski definition) is 0. The van der Waals surface area contributed by atoms with Gasteiger partial charge in [-0.1, -0.05) is 36.4 Å². The first-order valence-electron chi connectivity index (χ1n) is 8.90. The molecule has 0 bridgehead atoms. The molecule has 0 unspecified atom stereocenters. The standard InChI is InChI=1S/C21H19N3O2/c25-21(24-12-15(13-24)11-23-10-9-22-14-23)20-16-5-1-3-7-18(16)26-19-8-4-2-6-17(19)20/h1-10,14-15,20H,11-13H2. The summed E-state index contributed by atoms with van der Waals surface area (Å²) < 4.78 is 8.07. The Morgan fingerprint density at radius 2 is 1.69 bits per heavy atom. The van der Waals surface area contributed by atoms with Crippen molar-refractivity contribution in [2.75, 3.05) is 13.1 Å². The zero-order valence-corrected chi connectivity index (χ0v) is 14.3. The van der Waals surface area contributed by atoms with Crippen LogP contribution in [-0.4, -0.2) is 33.4 Å². The molecular weight excluding hydrogens is 326 g/mol. The summed E-state index contributed by atoms with van der Waals surface area (Å²) in [5.41, 5.74) is 1.91. The number of carbonyl (C=O) groups is 1. The predicted octanol–water partition coefficient (Wildman–Crippen LogP) is 3.28. The van der Waals surface area contributed by atoms with Crippen LogP contribution in [0.5, 0.6) is 11.5 Å². The molecule has 0 spiro atoms. The number of amides is 1. The highest BCUT2D eigenvalue weighted by atomic mass is 16.5. The molecule has 2 aromatic carbocycles. The van der Waals surface area contributed by atoms with Crippen LogP contribution in [0.1, 0.15) is 17.0 Å². The average Bonchev–Trinajstić information content (AvgIpc) is 3.15. The quantitative estimate of drug-likeness (QED) is 0.732. The summed E-state index contributed by atoms with van der Waals surface area (Å²) in [6.45, 7) is 2.49. The SMILES string of the molecule is O=C(C1c2ccccc2Oc2ccccc21)N1CC(Cn2ccnc2)C1. The van der Waals surface area contributed by atoms with Crippen molar-refractivity contribution in [3.05, 3.63) is 78.4 Å². The van der Waals surface area contributed by atoms with Gasteiger partial charge in [0.1, 0.15) is 11.5 Å². The average molecular weight is 345 g/mol. The number of nitrogens with zero attached hydrogens (tertiary/aromatic N) is 3. The number of para-hydroxylation sites is 2. The lowest BCUT2D eigenvalue weighted by Crippen LogP contribution is -2.53. The molecule has 0 atom stereocenters. The number of fused-ring (bicyclic) bond motifs is 2. The molecule has 3 heterocycles. The van der Waals surface area contributed by atoms with Gasteiger partial charge in [-0.3, -0.25) is 4.79 Å². The first-order chi connectivity index (χ1) is 12.8. The van der Waals surface area contributed by atoms with E-state index >= 15 is 0 Å². The molecule has 2 aliphatic rings. The third-order valence-corrected chi connectivity index (χ3v) is 5.22. The molecule has 130 valence electrons. The van der Waals surface area contributed by atoms with Gasteiger partial charge in [0.15, 0.2) is 0 Å². The van der Waals surface area contributed by atoms with Crippen molar-refractivity contribution in [1.82, 2.24) is 14.5 Å². The Labute approximate surface area is 151 Å². The second kappa shape index (κ2) is 6.02. The van der Waals surface area contributed by atoms with Crippen LogP contribution in [0, 0.1) is 5.92 Å². The van der Waals surface area contributed by atoms with Crippen LogP contribution in [0.4, 0.5) is 0 Å². The molecule has 2 aliphatic heterocycles. The van der Waals surface area contributed by atoms with E-state index in [2.05, 4.69) is 9.55 Å². The smallest absolute Gasteiger partial charge is 0.234 e. The summed E-state index contributed by atoms with van der Waals surface area (Å²) in [7, 11) is 0. The molecule has 1 aromatic heterocycles. The molecule has 1 saturated heterocycles. The Kier molecular flexibility index (Phi) is 3.52. The minimum atomic E-state index is -0.287. The van der Waals surface area contributed by atoms with Gasteiger partial charge < -0.3 is 14.2 Å².